The van der Waals surface area contributed by atoms with Gasteiger partial charge in [-0.1, -0.05) is 6.92 Å². The number of nitrogens with one attached hydrogen (secondary N) is 1. The largest absolute Gasteiger partial charge is 0.353 e. The van der Waals surface area contributed by atoms with Gasteiger partial charge in [0.15, 0.2) is 0 Å². The predicted molar refractivity (Wildman–Crippen MR) is 67.2 cm³/mol. The normalized spacial score (nSPS) is 27.7. The summed E-state index contributed by atoms with van der Waals surface area (Å²) in [6.45, 7) is 7.75. The Bertz CT molecular complexity index is 313. The van der Waals surface area contributed by atoms with Gasteiger partial charge < -0.3 is 10.2 Å². The average Bonchev–Trinajstić information content (AvgIpc) is 2.23. The summed E-state index contributed by atoms with van der Waals surface area (Å²) in [6.07, 6.45) is 1.41. The highest BCUT2D eigenvalue weighted by Crippen LogP contribution is 2.44. The van der Waals surface area contributed by atoms with Gasteiger partial charge >= 0.3 is 0 Å². The Morgan fingerprint density at radius 2 is 2.18 bits per heavy atom. The van der Waals surface area contributed by atoms with Gasteiger partial charge in [-0.2, -0.15) is 5.26 Å². The van der Waals surface area contributed by atoms with Crippen LogP contribution in [0.15, 0.2) is 0 Å². The van der Waals surface area contributed by atoms with Gasteiger partial charge in [0, 0.05) is 19.1 Å². The van der Waals surface area contributed by atoms with Gasteiger partial charge in [-0.3, -0.25) is 4.79 Å². The van der Waals surface area contributed by atoms with E-state index in [2.05, 4.69) is 37.1 Å². The standard InChI is InChI=1S/C13H23N3O/c1-10(2)16(4)6-5-15-12(17)13(9-14)7-11(3)8-13/h10-11H,5-8H2,1-4H3,(H,15,17). The van der Waals surface area contributed by atoms with Crippen LogP contribution < -0.4 is 5.32 Å². The van der Waals surface area contributed by atoms with E-state index in [1.165, 1.54) is 0 Å². The fourth-order valence-corrected chi connectivity index (χ4v) is 2.23. The Morgan fingerprint density at radius 3 is 2.59 bits per heavy atom. The lowest BCUT2D eigenvalue weighted by molar-refractivity contribution is -0.134. The van der Waals surface area contributed by atoms with E-state index in [0.29, 0.717) is 31.3 Å². The van der Waals surface area contributed by atoms with Crippen molar-refractivity contribution in [3.63, 3.8) is 0 Å². The fraction of sp³-hybridized carbons (Fsp3) is 0.846. The van der Waals surface area contributed by atoms with Crippen LogP contribution in [0.25, 0.3) is 0 Å². The minimum absolute atomic E-state index is 0.0877. The third-order valence-electron chi connectivity index (χ3n) is 3.67. The van der Waals surface area contributed by atoms with E-state index in [0.717, 1.165) is 6.54 Å². The molecule has 0 saturated heterocycles. The van der Waals surface area contributed by atoms with Crippen molar-refractivity contribution in [3.05, 3.63) is 0 Å². The third kappa shape index (κ3) is 3.19. The first kappa shape index (κ1) is 14.0. The van der Waals surface area contributed by atoms with E-state index in [4.69, 9.17) is 5.26 Å². The zero-order valence-corrected chi connectivity index (χ0v) is 11.3. The minimum atomic E-state index is -0.740. The number of likely N-dealkylation sites (N-methyl/N-ethyl adjacent to an activating group) is 1. The number of hydrogen-bond acceptors (Lipinski definition) is 3. The summed E-state index contributed by atoms with van der Waals surface area (Å²) in [5.41, 5.74) is -0.740. The summed E-state index contributed by atoms with van der Waals surface area (Å²) >= 11 is 0. The summed E-state index contributed by atoms with van der Waals surface area (Å²) in [5, 5.41) is 12.0. The van der Waals surface area contributed by atoms with Crippen LogP contribution in [0.2, 0.25) is 0 Å². The number of hydrogen-bond donors (Lipinski definition) is 1. The highest BCUT2D eigenvalue weighted by atomic mass is 16.2. The number of carbonyl (C=O) groups is 1. The second kappa shape index (κ2) is 5.50. The lowest BCUT2D eigenvalue weighted by atomic mass is 9.63. The first-order valence-corrected chi connectivity index (χ1v) is 6.31. The molecule has 1 amide bonds. The van der Waals surface area contributed by atoms with Crippen molar-refractivity contribution >= 4 is 5.91 Å². The number of rotatable bonds is 5. The third-order valence-corrected chi connectivity index (χ3v) is 3.67. The maximum atomic E-state index is 11.9. The van der Waals surface area contributed by atoms with Gasteiger partial charge in [0.1, 0.15) is 5.41 Å². The van der Waals surface area contributed by atoms with E-state index in [-0.39, 0.29) is 5.91 Å². The molecule has 0 aromatic carbocycles. The van der Waals surface area contributed by atoms with Crippen molar-refractivity contribution < 1.29 is 4.79 Å². The maximum absolute atomic E-state index is 11.9. The molecule has 0 unspecified atom stereocenters. The van der Waals surface area contributed by atoms with Gasteiger partial charge in [-0.05, 0) is 39.7 Å². The van der Waals surface area contributed by atoms with Crippen LogP contribution in [0.4, 0.5) is 0 Å². The molecule has 1 aliphatic rings. The Labute approximate surface area is 104 Å². The van der Waals surface area contributed by atoms with Crippen molar-refractivity contribution in [1.29, 1.82) is 5.26 Å². The van der Waals surface area contributed by atoms with E-state index in [1.54, 1.807) is 0 Å². The van der Waals surface area contributed by atoms with Crippen molar-refractivity contribution in [1.82, 2.24) is 10.2 Å². The molecule has 1 N–H and O–H groups in total. The smallest absolute Gasteiger partial charge is 0.240 e. The molecule has 0 radical (unpaired) electrons. The van der Waals surface area contributed by atoms with Gasteiger partial charge in [-0.15, -0.1) is 0 Å². The van der Waals surface area contributed by atoms with E-state index in [1.807, 2.05) is 7.05 Å². The van der Waals surface area contributed by atoms with Crippen LogP contribution in [0.3, 0.4) is 0 Å². The molecule has 0 spiro atoms. The summed E-state index contributed by atoms with van der Waals surface area (Å²) in [5.74, 6) is 0.411. The number of nitrogens with zero attached hydrogens (tertiary/aromatic N) is 2. The Hall–Kier alpha value is -1.08. The Balaban J connectivity index is 2.33. The zero-order valence-electron chi connectivity index (χ0n) is 11.3. The van der Waals surface area contributed by atoms with Crippen LogP contribution in [0, 0.1) is 22.7 Å². The van der Waals surface area contributed by atoms with Crippen LogP contribution in [-0.2, 0) is 4.79 Å². The molecular weight excluding hydrogens is 214 g/mol. The SMILES string of the molecule is CC1CC(C#N)(C(=O)NCCN(C)C(C)C)C1. The molecule has 4 nitrogen and oxygen atoms in total. The Morgan fingerprint density at radius 1 is 1.59 bits per heavy atom. The van der Waals surface area contributed by atoms with Crippen molar-refractivity contribution in [2.45, 2.75) is 39.7 Å². The Kier molecular flexibility index (Phi) is 4.53. The molecule has 1 aliphatic carbocycles. The highest BCUT2D eigenvalue weighted by Gasteiger charge is 2.48. The highest BCUT2D eigenvalue weighted by molar-refractivity contribution is 5.86. The van der Waals surface area contributed by atoms with Gasteiger partial charge in [-0.25, -0.2) is 0 Å². The molecule has 0 heterocycles. The molecular formula is C13H23N3O. The first-order chi connectivity index (χ1) is 7.91. The van der Waals surface area contributed by atoms with Crippen LogP contribution >= 0.6 is 0 Å². The molecule has 17 heavy (non-hydrogen) atoms. The lowest BCUT2D eigenvalue weighted by Crippen LogP contribution is -2.49. The van der Waals surface area contributed by atoms with Crippen molar-refractivity contribution in [2.24, 2.45) is 11.3 Å². The minimum Gasteiger partial charge on any atom is -0.353 e. The molecule has 0 atom stereocenters. The summed E-state index contributed by atoms with van der Waals surface area (Å²) in [7, 11) is 2.03. The molecule has 4 heteroatoms. The van der Waals surface area contributed by atoms with E-state index < -0.39 is 5.41 Å². The maximum Gasteiger partial charge on any atom is 0.240 e. The molecule has 0 aromatic rings. The molecule has 96 valence electrons. The monoisotopic (exact) mass is 237 g/mol. The summed E-state index contributed by atoms with van der Waals surface area (Å²) in [4.78, 5) is 14.1. The van der Waals surface area contributed by atoms with Crippen LogP contribution in [-0.4, -0.2) is 37.0 Å². The fourth-order valence-electron chi connectivity index (χ4n) is 2.23. The second-order valence-electron chi connectivity index (χ2n) is 5.54. The number of amides is 1. The lowest BCUT2D eigenvalue weighted by Gasteiger charge is -2.39. The zero-order chi connectivity index (χ0) is 13.1. The van der Waals surface area contributed by atoms with E-state index >= 15 is 0 Å². The molecule has 0 aliphatic heterocycles. The van der Waals surface area contributed by atoms with Crippen LogP contribution in [0.1, 0.15) is 33.6 Å². The van der Waals surface area contributed by atoms with Gasteiger partial charge in [0.25, 0.3) is 0 Å². The predicted octanol–water partition coefficient (Wildman–Crippen LogP) is 1.38. The van der Waals surface area contributed by atoms with Crippen molar-refractivity contribution in [2.75, 3.05) is 20.1 Å². The number of carbonyl (C=O) groups excluding carboxylic acids is 1. The molecule has 1 rings (SSSR count). The summed E-state index contributed by atoms with van der Waals surface area (Å²) in [6, 6.07) is 2.65. The topological polar surface area (TPSA) is 56.1 Å². The second-order valence-corrected chi connectivity index (χ2v) is 5.54. The quantitative estimate of drug-likeness (QED) is 0.786. The molecule has 1 fully saturated rings. The first-order valence-electron chi connectivity index (χ1n) is 6.31. The van der Waals surface area contributed by atoms with Gasteiger partial charge in [0.2, 0.25) is 5.91 Å². The van der Waals surface area contributed by atoms with Crippen molar-refractivity contribution in [3.8, 4) is 6.07 Å². The number of nitriles is 1. The van der Waals surface area contributed by atoms with Crippen LogP contribution in [0.5, 0.6) is 0 Å². The van der Waals surface area contributed by atoms with Gasteiger partial charge in [0.05, 0.1) is 6.07 Å². The molecule has 0 bridgehead atoms. The average molecular weight is 237 g/mol. The van der Waals surface area contributed by atoms with E-state index in [9.17, 15) is 4.79 Å². The molecule has 1 saturated carbocycles. The molecule has 0 aromatic heterocycles. The summed E-state index contributed by atoms with van der Waals surface area (Å²) < 4.78 is 0.